The van der Waals surface area contributed by atoms with Gasteiger partial charge in [0.05, 0.1) is 11.9 Å². The van der Waals surface area contributed by atoms with Gasteiger partial charge < -0.3 is 10.0 Å². The lowest BCUT2D eigenvalue weighted by atomic mass is 9.82. The number of nitrogens with one attached hydrogen (secondary N) is 1. The van der Waals surface area contributed by atoms with E-state index in [-0.39, 0.29) is 30.7 Å². The molecule has 0 radical (unpaired) electrons. The number of rotatable bonds is 5. The fourth-order valence-electron chi connectivity index (χ4n) is 2.46. The van der Waals surface area contributed by atoms with Crippen molar-refractivity contribution in [1.29, 1.82) is 0 Å². The Balaban J connectivity index is 2.52. The van der Waals surface area contributed by atoms with E-state index in [4.69, 9.17) is 0 Å². The smallest absolute Gasteiger partial charge is 0.223 e. The topological polar surface area (TPSA) is 86.7 Å². The Morgan fingerprint density at radius 2 is 2.11 bits per heavy atom. The van der Waals surface area contributed by atoms with E-state index in [0.29, 0.717) is 13.1 Å². The van der Waals surface area contributed by atoms with Crippen molar-refractivity contribution in [2.75, 3.05) is 25.9 Å². The molecule has 1 fully saturated rings. The molecule has 7 heteroatoms. The number of hydrogen-bond acceptors (Lipinski definition) is 4. The predicted octanol–water partition coefficient (Wildman–Crippen LogP) is -0.209. The van der Waals surface area contributed by atoms with Gasteiger partial charge in [-0.3, -0.25) is 4.79 Å². The van der Waals surface area contributed by atoms with Gasteiger partial charge in [-0.1, -0.05) is 20.8 Å². The van der Waals surface area contributed by atoms with Crippen molar-refractivity contribution < 1.29 is 18.3 Å². The quantitative estimate of drug-likeness (QED) is 0.734. The Bertz CT molecular complexity index is 435. The zero-order valence-electron chi connectivity index (χ0n) is 12.0. The van der Waals surface area contributed by atoms with Gasteiger partial charge in [0, 0.05) is 32.0 Å². The Morgan fingerprint density at radius 3 is 2.53 bits per heavy atom. The van der Waals surface area contributed by atoms with Crippen LogP contribution in [0.2, 0.25) is 0 Å². The lowest BCUT2D eigenvalue weighted by Crippen LogP contribution is -2.43. The molecule has 1 aliphatic heterocycles. The molecule has 0 aliphatic carbocycles. The highest BCUT2D eigenvalue weighted by Gasteiger charge is 2.46. The lowest BCUT2D eigenvalue weighted by Gasteiger charge is -2.31. The molecule has 2 N–H and O–H groups in total. The number of aliphatic hydroxyl groups is 1. The number of nitrogens with zero attached hydrogens (tertiary/aromatic N) is 1. The van der Waals surface area contributed by atoms with Crippen molar-refractivity contribution >= 4 is 15.9 Å². The second kappa shape index (κ2) is 5.76. The summed E-state index contributed by atoms with van der Waals surface area (Å²) < 4.78 is 24.1. The molecule has 0 aromatic rings. The van der Waals surface area contributed by atoms with E-state index in [1.807, 2.05) is 20.8 Å². The fraction of sp³-hybridized carbons (Fsp3) is 0.917. The second-order valence-corrected chi connectivity index (χ2v) is 7.57. The van der Waals surface area contributed by atoms with E-state index in [0.717, 1.165) is 6.26 Å². The van der Waals surface area contributed by atoms with Crippen molar-refractivity contribution in [2.45, 2.75) is 32.8 Å². The first-order valence-corrected chi connectivity index (χ1v) is 8.40. The van der Waals surface area contributed by atoms with Crippen LogP contribution in [0.5, 0.6) is 0 Å². The Morgan fingerprint density at radius 1 is 1.53 bits per heavy atom. The molecule has 1 saturated heterocycles. The summed E-state index contributed by atoms with van der Waals surface area (Å²) in [5.41, 5.74) is -0.847. The van der Waals surface area contributed by atoms with Crippen molar-refractivity contribution in [2.24, 2.45) is 11.8 Å². The third-order valence-corrected chi connectivity index (χ3v) is 4.58. The van der Waals surface area contributed by atoms with Crippen LogP contribution in [0, 0.1) is 11.8 Å². The van der Waals surface area contributed by atoms with Crippen LogP contribution in [0.15, 0.2) is 0 Å². The summed E-state index contributed by atoms with van der Waals surface area (Å²) in [6, 6.07) is 0. The third-order valence-electron chi connectivity index (χ3n) is 3.85. The number of carbonyl (C=O) groups excluding carboxylic acids is 1. The molecule has 2 atom stereocenters. The minimum Gasteiger partial charge on any atom is -0.387 e. The molecule has 0 saturated carbocycles. The first-order valence-electron chi connectivity index (χ1n) is 6.51. The Labute approximate surface area is 115 Å². The summed E-state index contributed by atoms with van der Waals surface area (Å²) in [5, 5.41) is 10.5. The van der Waals surface area contributed by atoms with Crippen LogP contribution in [0.25, 0.3) is 0 Å². The first-order chi connectivity index (χ1) is 8.56. The van der Waals surface area contributed by atoms with E-state index >= 15 is 0 Å². The van der Waals surface area contributed by atoms with E-state index in [1.165, 1.54) is 0 Å². The van der Waals surface area contributed by atoms with E-state index < -0.39 is 15.6 Å². The summed E-state index contributed by atoms with van der Waals surface area (Å²) in [6.45, 7) is 6.76. The maximum Gasteiger partial charge on any atom is 0.223 e. The molecule has 112 valence electrons. The molecule has 0 aromatic heterocycles. The molecule has 1 rings (SSSR count). The van der Waals surface area contributed by atoms with Gasteiger partial charge in [0.2, 0.25) is 15.9 Å². The Kier molecular flexibility index (Phi) is 4.97. The number of carbonyl (C=O) groups is 1. The van der Waals surface area contributed by atoms with Gasteiger partial charge >= 0.3 is 0 Å². The van der Waals surface area contributed by atoms with Crippen LogP contribution in [0.3, 0.4) is 0 Å². The summed E-state index contributed by atoms with van der Waals surface area (Å²) in [4.78, 5) is 13.6. The molecule has 0 unspecified atom stereocenters. The number of β-amino-alcohol motifs (C(OH)–C–C–N with tert-alkyl or cyclic N) is 1. The number of hydrogen-bond donors (Lipinski definition) is 2. The standard InChI is InChI=1S/C12H24N2O4S/c1-9(2)12(16)8-14(7-10(12)3)11(15)5-6-13-19(4,17)18/h9-10,13,16H,5-8H2,1-4H3/t10-,12-/m0/s1. The summed E-state index contributed by atoms with van der Waals surface area (Å²) in [6.07, 6.45) is 1.18. The normalized spacial score (nSPS) is 28.1. The zero-order chi connectivity index (χ0) is 14.8. The molecule has 0 spiro atoms. The van der Waals surface area contributed by atoms with Crippen molar-refractivity contribution in [1.82, 2.24) is 9.62 Å². The van der Waals surface area contributed by atoms with Crippen molar-refractivity contribution in [3.63, 3.8) is 0 Å². The Hall–Kier alpha value is -0.660. The second-order valence-electron chi connectivity index (χ2n) is 5.74. The highest BCUT2D eigenvalue weighted by atomic mass is 32.2. The molecule has 0 aromatic carbocycles. The van der Waals surface area contributed by atoms with Gasteiger partial charge in [0.25, 0.3) is 0 Å². The average molecular weight is 292 g/mol. The summed E-state index contributed by atoms with van der Waals surface area (Å²) >= 11 is 0. The summed E-state index contributed by atoms with van der Waals surface area (Å²) in [7, 11) is -3.26. The maximum absolute atomic E-state index is 12.0. The number of likely N-dealkylation sites (tertiary alicyclic amines) is 1. The monoisotopic (exact) mass is 292 g/mol. The van der Waals surface area contributed by atoms with Gasteiger partial charge in [-0.2, -0.15) is 0 Å². The highest BCUT2D eigenvalue weighted by Crippen LogP contribution is 2.33. The van der Waals surface area contributed by atoms with Crippen molar-refractivity contribution in [3.05, 3.63) is 0 Å². The molecule has 6 nitrogen and oxygen atoms in total. The van der Waals surface area contributed by atoms with Crippen molar-refractivity contribution in [3.8, 4) is 0 Å². The van der Waals surface area contributed by atoms with E-state index in [9.17, 15) is 18.3 Å². The highest BCUT2D eigenvalue weighted by molar-refractivity contribution is 7.88. The zero-order valence-corrected chi connectivity index (χ0v) is 12.8. The molecular weight excluding hydrogens is 268 g/mol. The first kappa shape index (κ1) is 16.4. The minimum atomic E-state index is -3.26. The average Bonchev–Trinajstić information content (AvgIpc) is 2.55. The third kappa shape index (κ3) is 4.15. The van der Waals surface area contributed by atoms with E-state index in [2.05, 4.69) is 4.72 Å². The van der Waals surface area contributed by atoms with Gasteiger partial charge in [0.15, 0.2) is 0 Å². The van der Waals surface area contributed by atoms with Crippen LogP contribution in [-0.2, 0) is 14.8 Å². The van der Waals surface area contributed by atoms with Gasteiger partial charge in [-0.15, -0.1) is 0 Å². The molecule has 1 aliphatic rings. The van der Waals surface area contributed by atoms with Crippen LogP contribution in [0.4, 0.5) is 0 Å². The largest absolute Gasteiger partial charge is 0.387 e. The molecule has 0 bridgehead atoms. The minimum absolute atomic E-state index is 0.0271. The summed E-state index contributed by atoms with van der Waals surface area (Å²) in [5.74, 6) is -0.0201. The fourth-order valence-corrected chi connectivity index (χ4v) is 2.93. The number of amides is 1. The molecular formula is C12H24N2O4S. The van der Waals surface area contributed by atoms with Gasteiger partial charge in [-0.05, 0) is 5.92 Å². The van der Waals surface area contributed by atoms with Gasteiger partial charge in [0.1, 0.15) is 0 Å². The van der Waals surface area contributed by atoms with Crippen LogP contribution < -0.4 is 4.72 Å². The molecule has 1 heterocycles. The molecule has 1 amide bonds. The maximum atomic E-state index is 12.0. The van der Waals surface area contributed by atoms with Crippen LogP contribution >= 0.6 is 0 Å². The van der Waals surface area contributed by atoms with Crippen LogP contribution in [-0.4, -0.2) is 55.8 Å². The molecule has 19 heavy (non-hydrogen) atoms. The van der Waals surface area contributed by atoms with Crippen LogP contribution in [0.1, 0.15) is 27.2 Å². The van der Waals surface area contributed by atoms with E-state index in [1.54, 1.807) is 4.90 Å². The lowest BCUT2D eigenvalue weighted by molar-refractivity contribution is -0.131. The predicted molar refractivity (Wildman–Crippen MR) is 73.0 cm³/mol. The SMILES string of the molecule is CC(C)[C@@]1(O)CN(C(=O)CCNS(C)(=O)=O)C[C@@H]1C. The van der Waals surface area contributed by atoms with Gasteiger partial charge in [-0.25, -0.2) is 13.1 Å². The number of sulfonamides is 1.